The largest absolute Gasteiger partial charge is 0.389 e. The number of carbonyl (C=O) groups is 1. The van der Waals surface area contributed by atoms with E-state index < -0.39 is 24.9 Å². The Labute approximate surface area is 130 Å². The predicted octanol–water partition coefficient (Wildman–Crippen LogP) is 3.49. The highest BCUT2D eigenvalue weighted by Crippen LogP contribution is 2.25. The molecule has 0 spiro atoms. The molecule has 1 atom stereocenters. The minimum Gasteiger partial charge on any atom is -0.352 e. The summed E-state index contributed by atoms with van der Waals surface area (Å²) in [7, 11) is 0. The van der Waals surface area contributed by atoms with Gasteiger partial charge in [-0.25, -0.2) is 0 Å². The Morgan fingerprint density at radius 2 is 1.82 bits per heavy atom. The molecular formula is C16H27F3N2O. The molecule has 1 saturated heterocycles. The van der Waals surface area contributed by atoms with Gasteiger partial charge >= 0.3 is 6.18 Å². The molecule has 1 aliphatic carbocycles. The zero-order valence-corrected chi connectivity index (χ0v) is 13.1. The molecule has 2 fully saturated rings. The topological polar surface area (TPSA) is 32.3 Å². The van der Waals surface area contributed by atoms with Gasteiger partial charge in [0.1, 0.15) is 0 Å². The zero-order chi connectivity index (χ0) is 16.0. The van der Waals surface area contributed by atoms with Crippen molar-refractivity contribution < 1.29 is 18.0 Å². The first-order valence-electron chi connectivity index (χ1n) is 8.51. The Kier molecular flexibility index (Phi) is 6.53. The van der Waals surface area contributed by atoms with Gasteiger partial charge in [-0.1, -0.05) is 19.3 Å². The molecule has 0 radical (unpaired) electrons. The maximum absolute atomic E-state index is 12.1. The van der Waals surface area contributed by atoms with E-state index in [1.165, 1.54) is 32.1 Å². The highest BCUT2D eigenvalue weighted by Gasteiger charge is 2.29. The smallest absolute Gasteiger partial charge is 0.352 e. The minimum absolute atomic E-state index is 0.0121. The molecule has 0 bridgehead atoms. The number of carbonyl (C=O) groups excluding carboxylic acids is 1. The lowest BCUT2D eigenvalue weighted by molar-refractivity contribution is -0.144. The fourth-order valence-electron chi connectivity index (χ4n) is 3.63. The van der Waals surface area contributed by atoms with Gasteiger partial charge in [0, 0.05) is 25.6 Å². The van der Waals surface area contributed by atoms with Crippen LogP contribution in [-0.2, 0) is 4.79 Å². The molecule has 1 N–H and O–H groups in total. The number of hydrogen-bond acceptors (Lipinski definition) is 2. The number of nitrogens with one attached hydrogen (secondary N) is 1. The average molecular weight is 320 g/mol. The van der Waals surface area contributed by atoms with Crippen molar-refractivity contribution in [1.29, 1.82) is 0 Å². The van der Waals surface area contributed by atoms with Gasteiger partial charge in [-0.3, -0.25) is 4.79 Å². The molecule has 22 heavy (non-hydrogen) atoms. The highest BCUT2D eigenvalue weighted by atomic mass is 19.4. The Balaban J connectivity index is 1.69. The van der Waals surface area contributed by atoms with Crippen molar-refractivity contribution in [1.82, 2.24) is 10.2 Å². The summed E-state index contributed by atoms with van der Waals surface area (Å²) in [6.45, 7) is 2.91. The first-order chi connectivity index (χ1) is 10.4. The Morgan fingerprint density at radius 3 is 2.50 bits per heavy atom. The highest BCUT2D eigenvalue weighted by molar-refractivity contribution is 5.76. The van der Waals surface area contributed by atoms with E-state index in [1.807, 2.05) is 0 Å². The SMILES string of the molecule is O=C(CCC(F)(F)F)NC1CCCN(CC2CCCCC2)C1. The fourth-order valence-corrected chi connectivity index (χ4v) is 3.63. The van der Waals surface area contributed by atoms with E-state index in [9.17, 15) is 18.0 Å². The van der Waals surface area contributed by atoms with E-state index in [1.54, 1.807) is 0 Å². The normalized spacial score (nSPS) is 25.1. The second-order valence-electron chi connectivity index (χ2n) is 6.79. The summed E-state index contributed by atoms with van der Waals surface area (Å²) in [6.07, 6.45) is 2.70. The van der Waals surface area contributed by atoms with Crippen molar-refractivity contribution in [3.8, 4) is 0 Å². The van der Waals surface area contributed by atoms with Crippen LogP contribution in [0.4, 0.5) is 13.2 Å². The predicted molar refractivity (Wildman–Crippen MR) is 79.5 cm³/mol. The van der Waals surface area contributed by atoms with Crippen LogP contribution >= 0.6 is 0 Å². The number of halogens is 3. The summed E-state index contributed by atoms with van der Waals surface area (Å²) in [5.41, 5.74) is 0. The molecule has 0 aromatic carbocycles. The lowest BCUT2D eigenvalue weighted by atomic mass is 9.88. The second-order valence-corrected chi connectivity index (χ2v) is 6.79. The van der Waals surface area contributed by atoms with E-state index in [2.05, 4.69) is 10.2 Å². The van der Waals surface area contributed by atoms with Crippen molar-refractivity contribution >= 4 is 5.91 Å². The van der Waals surface area contributed by atoms with Crippen LogP contribution in [0, 0.1) is 5.92 Å². The van der Waals surface area contributed by atoms with Crippen LogP contribution in [-0.4, -0.2) is 42.7 Å². The monoisotopic (exact) mass is 320 g/mol. The van der Waals surface area contributed by atoms with Crippen LogP contribution in [0.25, 0.3) is 0 Å². The summed E-state index contributed by atoms with van der Waals surface area (Å²) in [5.74, 6) is 0.287. The van der Waals surface area contributed by atoms with Crippen LogP contribution in [0.2, 0.25) is 0 Å². The lowest BCUT2D eigenvalue weighted by Crippen LogP contribution is -2.49. The van der Waals surface area contributed by atoms with Gasteiger partial charge in [0.2, 0.25) is 5.91 Å². The number of alkyl halides is 3. The third kappa shape index (κ3) is 6.55. The number of hydrogen-bond donors (Lipinski definition) is 1. The summed E-state index contributed by atoms with van der Waals surface area (Å²) in [6, 6.07) is 0.0121. The van der Waals surface area contributed by atoms with Gasteiger partial charge in [0.05, 0.1) is 6.42 Å². The van der Waals surface area contributed by atoms with E-state index in [-0.39, 0.29) is 6.04 Å². The first-order valence-corrected chi connectivity index (χ1v) is 8.51. The van der Waals surface area contributed by atoms with Gasteiger partial charge in [-0.2, -0.15) is 13.2 Å². The zero-order valence-electron chi connectivity index (χ0n) is 13.1. The van der Waals surface area contributed by atoms with Gasteiger partial charge in [-0.15, -0.1) is 0 Å². The van der Waals surface area contributed by atoms with Gasteiger partial charge < -0.3 is 10.2 Å². The summed E-state index contributed by atoms with van der Waals surface area (Å²) >= 11 is 0. The van der Waals surface area contributed by atoms with Crippen molar-refractivity contribution in [3.05, 3.63) is 0 Å². The number of nitrogens with zero attached hydrogens (tertiary/aromatic N) is 1. The second kappa shape index (κ2) is 8.18. The quantitative estimate of drug-likeness (QED) is 0.841. The third-order valence-corrected chi connectivity index (χ3v) is 4.75. The lowest BCUT2D eigenvalue weighted by Gasteiger charge is -2.36. The van der Waals surface area contributed by atoms with Gasteiger partial charge in [0.25, 0.3) is 0 Å². The number of piperidine rings is 1. The van der Waals surface area contributed by atoms with Crippen molar-refractivity contribution in [2.24, 2.45) is 5.92 Å². The standard InChI is InChI=1S/C16H27F3N2O/c17-16(18,19)9-8-15(22)20-14-7-4-10-21(12-14)11-13-5-2-1-3-6-13/h13-14H,1-12H2,(H,20,22). The van der Waals surface area contributed by atoms with Crippen molar-refractivity contribution in [3.63, 3.8) is 0 Å². The molecule has 1 saturated carbocycles. The summed E-state index contributed by atoms with van der Waals surface area (Å²) in [5, 5.41) is 2.78. The molecule has 128 valence electrons. The first kappa shape index (κ1) is 17.6. The molecule has 0 aromatic rings. The van der Waals surface area contributed by atoms with Crippen LogP contribution in [0.5, 0.6) is 0 Å². The van der Waals surface area contributed by atoms with Crippen molar-refractivity contribution in [2.45, 2.75) is 70.0 Å². The third-order valence-electron chi connectivity index (χ3n) is 4.75. The fraction of sp³-hybridized carbons (Fsp3) is 0.938. The molecule has 2 rings (SSSR count). The van der Waals surface area contributed by atoms with E-state index >= 15 is 0 Å². The van der Waals surface area contributed by atoms with E-state index in [0.717, 1.165) is 38.4 Å². The Bertz CT molecular complexity index is 354. The molecule has 1 aliphatic heterocycles. The molecule has 2 aliphatic rings. The number of likely N-dealkylation sites (tertiary alicyclic amines) is 1. The maximum atomic E-state index is 12.1. The van der Waals surface area contributed by atoms with Gasteiger partial charge in [0.15, 0.2) is 0 Å². The van der Waals surface area contributed by atoms with E-state index in [4.69, 9.17) is 0 Å². The maximum Gasteiger partial charge on any atom is 0.389 e. The van der Waals surface area contributed by atoms with E-state index in [0.29, 0.717) is 0 Å². The minimum atomic E-state index is -4.25. The van der Waals surface area contributed by atoms with Crippen molar-refractivity contribution in [2.75, 3.05) is 19.6 Å². The molecule has 6 heteroatoms. The summed E-state index contributed by atoms with van der Waals surface area (Å²) < 4.78 is 36.4. The van der Waals surface area contributed by atoms with Gasteiger partial charge in [-0.05, 0) is 38.1 Å². The molecular weight excluding hydrogens is 293 g/mol. The summed E-state index contributed by atoms with van der Waals surface area (Å²) in [4.78, 5) is 14.0. The molecule has 0 aromatic heterocycles. The molecule has 1 unspecified atom stereocenters. The molecule has 1 heterocycles. The van der Waals surface area contributed by atoms with Crippen LogP contribution in [0.3, 0.4) is 0 Å². The Hall–Kier alpha value is -0.780. The number of amides is 1. The average Bonchev–Trinajstić information content (AvgIpc) is 2.46. The van der Waals surface area contributed by atoms with Crippen LogP contribution in [0.15, 0.2) is 0 Å². The number of rotatable bonds is 5. The van der Waals surface area contributed by atoms with Crippen LogP contribution < -0.4 is 5.32 Å². The van der Waals surface area contributed by atoms with Crippen LogP contribution in [0.1, 0.15) is 57.8 Å². The Morgan fingerprint density at radius 1 is 1.09 bits per heavy atom. The molecule has 1 amide bonds. The molecule has 3 nitrogen and oxygen atoms in total.